The molecule has 11 aromatic rings. The zero-order valence-corrected chi connectivity index (χ0v) is 36.9. The average molecular weight is 851 g/mol. The fraction of sp³-hybridized carbons (Fsp3) is 0.0833. The van der Waals surface area contributed by atoms with Crippen LogP contribution in [0.25, 0.3) is 99.3 Å². The Bertz CT molecular complexity index is 3650. The second-order valence-electron chi connectivity index (χ2n) is 18.0. The highest BCUT2D eigenvalue weighted by atomic mass is 32.1. The van der Waals surface area contributed by atoms with Gasteiger partial charge >= 0.3 is 0 Å². The highest BCUT2D eigenvalue weighted by Gasteiger charge is 2.44. The maximum absolute atomic E-state index is 5.22. The number of allylic oxidation sites excluding steroid dienone is 1. The summed E-state index contributed by atoms with van der Waals surface area (Å²) in [6, 6.07) is 69.9. The third-order valence-corrected chi connectivity index (χ3v) is 15.1. The minimum atomic E-state index is -0.0292. The molecule has 0 bridgehead atoms. The largest absolute Gasteiger partial charge is 0.310 e. The minimum absolute atomic E-state index is 0.0292. The van der Waals surface area contributed by atoms with E-state index >= 15 is 0 Å². The van der Waals surface area contributed by atoms with Gasteiger partial charge in [-0.15, -0.1) is 11.3 Å². The van der Waals surface area contributed by atoms with Gasteiger partial charge in [0.05, 0.1) is 11.2 Å². The molecule has 1 unspecified atom stereocenters. The molecule has 4 nitrogen and oxygen atoms in total. The number of benzene rings is 8. The molecular weight excluding hydrogens is 809 g/mol. The Balaban J connectivity index is 0.976. The van der Waals surface area contributed by atoms with Gasteiger partial charge in [-0.3, -0.25) is 0 Å². The summed E-state index contributed by atoms with van der Waals surface area (Å²) in [5.41, 5.74) is 17.1. The monoisotopic (exact) mass is 850 g/mol. The summed E-state index contributed by atoms with van der Waals surface area (Å²) in [5.74, 6) is 2.35. The first-order valence-corrected chi connectivity index (χ1v) is 23.3. The maximum atomic E-state index is 5.22. The lowest BCUT2D eigenvalue weighted by Gasteiger charge is -2.28. The number of rotatable bonds is 6. The lowest BCUT2D eigenvalue weighted by Crippen LogP contribution is -2.19. The summed E-state index contributed by atoms with van der Waals surface area (Å²) in [6.45, 7) is 4.80. The fourth-order valence-corrected chi connectivity index (χ4v) is 11.9. The molecular formula is C60H42N4S. The first kappa shape index (κ1) is 37.8. The summed E-state index contributed by atoms with van der Waals surface area (Å²) in [5, 5.41) is 3.75. The lowest BCUT2D eigenvalue weighted by atomic mass is 9.76. The highest BCUT2D eigenvalue weighted by Crippen LogP contribution is 2.55. The van der Waals surface area contributed by atoms with Gasteiger partial charge in [0, 0.05) is 59.3 Å². The number of aromatic nitrogens is 4. The Morgan fingerprint density at radius 1 is 0.508 bits per heavy atom. The zero-order valence-electron chi connectivity index (χ0n) is 36.0. The van der Waals surface area contributed by atoms with Crippen LogP contribution in [0, 0.1) is 0 Å². The predicted molar refractivity (Wildman–Crippen MR) is 271 cm³/mol. The van der Waals surface area contributed by atoms with Crippen LogP contribution in [0.15, 0.2) is 200 Å². The molecule has 0 spiro atoms. The lowest BCUT2D eigenvalue weighted by molar-refractivity contribution is 0.613. The molecule has 0 N–H and O–H groups in total. The molecule has 0 radical (unpaired) electrons. The molecule has 1 atom stereocenters. The van der Waals surface area contributed by atoms with E-state index in [9.17, 15) is 0 Å². The maximum Gasteiger partial charge on any atom is 0.165 e. The van der Waals surface area contributed by atoms with Gasteiger partial charge < -0.3 is 4.57 Å². The summed E-state index contributed by atoms with van der Waals surface area (Å²) in [7, 11) is 0. The van der Waals surface area contributed by atoms with E-state index in [0.29, 0.717) is 23.4 Å². The van der Waals surface area contributed by atoms with E-state index in [0.717, 1.165) is 38.9 Å². The van der Waals surface area contributed by atoms with Crippen molar-refractivity contribution in [1.29, 1.82) is 0 Å². The van der Waals surface area contributed by atoms with Crippen LogP contribution < -0.4 is 0 Å². The average Bonchev–Trinajstić information content (AvgIpc) is 3.98. The molecule has 8 aromatic carbocycles. The van der Waals surface area contributed by atoms with Crippen molar-refractivity contribution in [2.45, 2.75) is 31.6 Å². The van der Waals surface area contributed by atoms with E-state index in [-0.39, 0.29) is 5.41 Å². The van der Waals surface area contributed by atoms with E-state index in [2.05, 4.69) is 182 Å². The number of hydrogen-bond acceptors (Lipinski definition) is 4. The molecule has 0 aliphatic heterocycles. The molecule has 2 aliphatic carbocycles. The van der Waals surface area contributed by atoms with Crippen LogP contribution in [0.5, 0.6) is 0 Å². The van der Waals surface area contributed by atoms with Crippen LogP contribution >= 0.6 is 11.3 Å². The van der Waals surface area contributed by atoms with Gasteiger partial charge in [-0.25, -0.2) is 15.0 Å². The van der Waals surface area contributed by atoms with Gasteiger partial charge in [0.2, 0.25) is 0 Å². The summed E-state index contributed by atoms with van der Waals surface area (Å²) in [6.07, 6.45) is 3.52. The second-order valence-corrected chi connectivity index (χ2v) is 19.0. The van der Waals surface area contributed by atoms with Crippen LogP contribution in [0.3, 0.4) is 0 Å². The van der Waals surface area contributed by atoms with Gasteiger partial charge in [0.25, 0.3) is 0 Å². The van der Waals surface area contributed by atoms with E-state index in [4.69, 9.17) is 15.0 Å². The standard InChI is InChI=1S/C60H42N4S/c1-60(2)51-27-14-12-25-44(51)47-35-48-45-30-29-41(34-53(45)64(54(48)36-52(47)60)43-23-10-5-11-24-43)39-21-16-22-40(31-39)42-32-49-46-26-13-15-28-55(46)65-56(49)50(33-42)59-62-57(37-17-6-3-7-18-37)61-58(63-59)38-19-8-4-9-20-38/h3-34,36,47H,35H2,1-2H3. The topological polar surface area (TPSA) is 43.6 Å². The number of nitrogens with zero attached hydrogens (tertiary/aromatic N) is 4. The predicted octanol–water partition coefficient (Wildman–Crippen LogP) is 15.5. The van der Waals surface area contributed by atoms with E-state index in [1.807, 2.05) is 36.4 Å². The molecule has 2 aliphatic rings. The van der Waals surface area contributed by atoms with Crippen molar-refractivity contribution >= 4 is 48.5 Å². The van der Waals surface area contributed by atoms with Crippen LogP contribution in [0.2, 0.25) is 0 Å². The Morgan fingerprint density at radius 3 is 1.88 bits per heavy atom. The molecule has 3 aromatic heterocycles. The molecule has 5 heteroatoms. The summed E-state index contributed by atoms with van der Waals surface area (Å²) in [4.78, 5) is 15.5. The minimum Gasteiger partial charge on any atom is -0.310 e. The molecule has 0 fully saturated rings. The summed E-state index contributed by atoms with van der Waals surface area (Å²) < 4.78 is 4.90. The van der Waals surface area contributed by atoms with Crippen molar-refractivity contribution in [2.75, 3.05) is 0 Å². The molecule has 0 amide bonds. The van der Waals surface area contributed by atoms with Crippen molar-refractivity contribution in [1.82, 2.24) is 19.5 Å². The van der Waals surface area contributed by atoms with Crippen LogP contribution in [-0.4, -0.2) is 19.5 Å². The zero-order chi connectivity index (χ0) is 43.2. The van der Waals surface area contributed by atoms with Gasteiger partial charge in [-0.05, 0) is 93.9 Å². The third kappa shape index (κ3) is 6.07. The third-order valence-electron chi connectivity index (χ3n) is 13.9. The Labute approximate surface area is 381 Å². The van der Waals surface area contributed by atoms with Gasteiger partial charge in [-0.2, -0.15) is 0 Å². The van der Waals surface area contributed by atoms with E-state index < -0.39 is 0 Å². The quantitative estimate of drug-likeness (QED) is 0.167. The Kier molecular flexibility index (Phi) is 8.53. The number of thiophene rings is 1. The Morgan fingerprint density at radius 2 is 1.12 bits per heavy atom. The molecule has 13 rings (SSSR count). The first-order valence-electron chi connectivity index (χ1n) is 22.4. The van der Waals surface area contributed by atoms with Crippen LogP contribution in [0.1, 0.15) is 42.1 Å². The van der Waals surface area contributed by atoms with Crippen molar-refractivity contribution in [3.8, 4) is 62.1 Å². The molecule has 3 heterocycles. The summed E-state index contributed by atoms with van der Waals surface area (Å²) >= 11 is 1.80. The van der Waals surface area contributed by atoms with E-state index in [1.165, 1.54) is 71.1 Å². The van der Waals surface area contributed by atoms with Gasteiger partial charge in [0.1, 0.15) is 0 Å². The van der Waals surface area contributed by atoms with Crippen molar-refractivity contribution in [3.05, 3.63) is 222 Å². The van der Waals surface area contributed by atoms with Gasteiger partial charge in [0.15, 0.2) is 17.5 Å². The normalized spacial score (nSPS) is 14.9. The molecule has 0 saturated carbocycles. The SMILES string of the molecule is CC1(C)C2=Cc3c(c4ccc(-c5cccc(-c6cc(-c7nc(-c8ccccc8)nc(-c8ccccc8)n7)c7sc8ccccc8c7c6)c5)cc4n3-c3ccccc3)CC2c2ccccc21. The smallest absolute Gasteiger partial charge is 0.165 e. The Hall–Kier alpha value is -7.73. The van der Waals surface area contributed by atoms with Crippen LogP contribution in [-0.2, 0) is 11.8 Å². The van der Waals surface area contributed by atoms with E-state index in [1.54, 1.807) is 11.3 Å². The fourth-order valence-electron chi connectivity index (χ4n) is 10.7. The van der Waals surface area contributed by atoms with Crippen molar-refractivity contribution in [2.24, 2.45) is 0 Å². The first-order chi connectivity index (χ1) is 32.0. The van der Waals surface area contributed by atoms with Crippen molar-refractivity contribution in [3.63, 3.8) is 0 Å². The van der Waals surface area contributed by atoms with Gasteiger partial charge in [-0.1, -0.05) is 171 Å². The number of fused-ring (bicyclic) bond motifs is 9. The number of para-hydroxylation sites is 1. The van der Waals surface area contributed by atoms with Crippen LogP contribution in [0.4, 0.5) is 0 Å². The van der Waals surface area contributed by atoms with Crippen molar-refractivity contribution < 1.29 is 0 Å². The second kappa shape index (κ2) is 14.7. The highest BCUT2D eigenvalue weighted by molar-refractivity contribution is 7.26. The number of hydrogen-bond donors (Lipinski definition) is 0. The molecule has 308 valence electrons. The molecule has 0 saturated heterocycles. The molecule has 65 heavy (non-hydrogen) atoms.